The lowest BCUT2D eigenvalue weighted by Crippen LogP contribution is -2.16. The summed E-state index contributed by atoms with van der Waals surface area (Å²) in [5.74, 6) is 2.43. The van der Waals surface area contributed by atoms with E-state index in [1.165, 1.54) is 11.3 Å². The fraction of sp³-hybridized carbons (Fsp3) is 0.238. The number of nitrogens with zero attached hydrogens (tertiary/aromatic N) is 3. The van der Waals surface area contributed by atoms with Crippen molar-refractivity contribution in [3.05, 3.63) is 71.4 Å². The van der Waals surface area contributed by atoms with E-state index in [0.717, 1.165) is 35.8 Å². The van der Waals surface area contributed by atoms with E-state index in [4.69, 9.17) is 9.72 Å². The quantitative estimate of drug-likeness (QED) is 0.754. The van der Waals surface area contributed by atoms with Crippen LogP contribution in [-0.2, 0) is 13.0 Å². The zero-order chi connectivity index (χ0) is 17.9. The van der Waals surface area contributed by atoms with Gasteiger partial charge in [0.15, 0.2) is 0 Å². The Morgan fingerprint density at radius 2 is 1.88 bits per heavy atom. The molecule has 5 nitrogen and oxygen atoms in total. The molecule has 0 bridgehead atoms. The van der Waals surface area contributed by atoms with Crippen LogP contribution in [0.3, 0.4) is 0 Å². The fourth-order valence-electron chi connectivity index (χ4n) is 3.37. The Morgan fingerprint density at radius 3 is 2.77 bits per heavy atom. The predicted octanol–water partition coefficient (Wildman–Crippen LogP) is 4.10. The predicted molar refractivity (Wildman–Crippen MR) is 104 cm³/mol. The van der Waals surface area contributed by atoms with Crippen molar-refractivity contribution in [1.29, 1.82) is 0 Å². The average molecular weight is 346 g/mol. The van der Waals surface area contributed by atoms with Gasteiger partial charge >= 0.3 is 0 Å². The Bertz CT molecular complexity index is 925. The van der Waals surface area contributed by atoms with Crippen LogP contribution in [0, 0.1) is 6.92 Å². The molecule has 0 atom stereocenters. The normalized spacial score (nSPS) is 12.8. The molecule has 0 fully saturated rings. The van der Waals surface area contributed by atoms with E-state index in [-0.39, 0.29) is 0 Å². The summed E-state index contributed by atoms with van der Waals surface area (Å²) in [6, 6.07) is 18.5. The van der Waals surface area contributed by atoms with E-state index in [1.807, 2.05) is 37.3 Å². The van der Waals surface area contributed by atoms with Crippen LogP contribution in [0.4, 0.5) is 17.5 Å². The van der Waals surface area contributed by atoms with Crippen molar-refractivity contribution in [3.8, 4) is 5.75 Å². The number of ether oxygens (including phenoxy) is 1. The lowest BCUT2D eigenvalue weighted by molar-refractivity contribution is 0.410. The van der Waals surface area contributed by atoms with Gasteiger partial charge in [0.2, 0.25) is 5.95 Å². The molecular weight excluding hydrogens is 324 g/mol. The zero-order valence-electron chi connectivity index (χ0n) is 15.1. The maximum Gasteiger partial charge on any atom is 0.225 e. The Hall–Kier alpha value is -3.08. The van der Waals surface area contributed by atoms with Crippen molar-refractivity contribution in [3.63, 3.8) is 0 Å². The van der Waals surface area contributed by atoms with Crippen molar-refractivity contribution in [1.82, 2.24) is 9.97 Å². The summed E-state index contributed by atoms with van der Waals surface area (Å²) < 4.78 is 5.41. The molecule has 5 heteroatoms. The summed E-state index contributed by atoms with van der Waals surface area (Å²) in [6.07, 6.45) is 1.04. The van der Waals surface area contributed by atoms with Crippen LogP contribution in [0.1, 0.15) is 16.8 Å². The van der Waals surface area contributed by atoms with Gasteiger partial charge in [-0.3, -0.25) is 0 Å². The number of hydrogen-bond acceptors (Lipinski definition) is 5. The number of nitrogens with one attached hydrogen (secondary N) is 1. The van der Waals surface area contributed by atoms with Crippen molar-refractivity contribution in [2.45, 2.75) is 19.9 Å². The van der Waals surface area contributed by atoms with Crippen LogP contribution in [-0.4, -0.2) is 23.6 Å². The second-order valence-corrected chi connectivity index (χ2v) is 6.39. The highest BCUT2D eigenvalue weighted by Crippen LogP contribution is 2.33. The summed E-state index contributed by atoms with van der Waals surface area (Å²) in [6.45, 7) is 3.56. The third kappa shape index (κ3) is 3.20. The topological polar surface area (TPSA) is 50.3 Å². The van der Waals surface area contributed by atoms with Crippen molar-refractivity contribution < 1.29 is 4.74 Å². The summed E-state index contributed by atoms with van der Waals surface area (Å²) in [5.41, 5.74) is 4.63. The number of fused-ring (bicyclic) bond motifs is 1. The van der Waals surface area contributed by atoms with Gasteiger partial charge < -0.3 is 15.0 Å². The highest BCUT2D eigenvalue weighted by atomic mass is 16.5. The molecule has 0 spiro atoms. The minimum Gasteiger partial charge on any atom is -0.496 e. The second kappa shape index (κ2) is 7.04. The van der Waals surface area contributed by atoms with Gasteiger partial charge in [-0.25, -0.2) is 4.98 Å². The van der Waals surface area contributed by atoms with Gasteiger partial charge in [0.25, 0.3) is 0 Å². The molecule has 1 aliphatic rings. The Balaban J connectivity index is 1.57. The molecule has 1 aliphatic heterocycles. The standard InChI is InChI=1S/C21H22N4O/c1-15-13-20(25-12-11-16-7-3-5-9-18(16)25)24-21(23-15)22-14-17-8-4-6-10-19(17)26-2/h3-10,13H,11-12,14H2,1-2H3,(H,22,23,24). The number of benzene rings is 2. The molecule has 1 N–H and O–H groups in total. The third-order valence-corrected chi connectivity index (χ3v) is 4.63. The first kappa shape index (κ1) is 16.4. The van der Waals surface area contributed by atoms with Crippen LogP contribution in [0.15, 0.2) is 54.6 Å². The number of methoxy groups -OCH3 is 1. The second-order valence-electron chi connectivity index (χ2n) is 6.39. The fourth-order valence-corrected chi connectivity index (χ4v) is 3.37. The molecule has 0 saturated carbocycles. The minimum absolute atomic E-state index is 0.615. The first-order valence-corrected chi connectivity index (χ1v) is 8.81. The van der Waals surface area contributed by atoms with Crippen LogP contribution in [0.5, 0.6) is 5.75 Å². The molecule has 4 rings (SSSR count). The van der Waals surface area contributed by atoms with Gasteiger partial charge in [0.05, 0.1) is 7.11 Å². The van der Waals surface area contributed by atoms with Gasteiger partial charge in [-0.05, 0) is 31.0 Å². The summed E-state index contributed by atoms with van der Waals surface area (Å²) in [5, 5.41) is 3.34. The average Bonchev–Trinajstić information content (AvgIpc) is 3.10. The number of para-hydroxylation sites is 2. The first-order chi connectivity index (χ1) is 12.7. The molecule has 3 aromatic rings. The molecule has 0 unspecified atom stereocenters. The van der Waals surface area contributed by atoms with Gasteiger partial charge in [0, 0.05) is 36.1 Å². The summed E-state index contributed by atoms with van der Waals surface area (Å²) in [4.78, 5) is 11.6. The van der Waals surface area contributed by atoms with E-state index in [2.05, 4.69) is 39.5 Å². The van der Waals surface area contributed by atoms with Crippen LogP contribution in [0.2, 0.25) is 0 Å². The molecule has 2 aromatic carbocycles. The highest BCUT2D eigenvalue weighted by molar-refractivity contribution is 5.68. The third-order valence-electron chi connectivity index (χ3n) is 4.63. The van der Waals surface area contributed by atoms with E-state index < -0.39 is 0 Å². The molecule has 1 aromatic heterocycles. The Morgan fingerprint density at radius 1 is 1.08 bits per heavy atom. The number of aryl methyl sites for hydroxylation is 1. The largest absolute Gasteiger partial charge is 0.496 e. The van der Waals surface area contributed by atoms with Crippen LogP contribution in [0.25, 0.3) is 0 Å². The molecule has 0 amide bonds. The minimum atomic E-state index is 0.615. The molecule has 2 heterocycles. The summed E-state index contributed by atoms with van der Waals surface area (Å²) in [7, 11) is 1.69. The molecule has 0 aliphatic carbocycles. The van der Waals surface area contributed by atoms with E-state index >= 15 is 0 Å². The number of aromatic nitrogens is 2. The van der Waals surface area contributed by atoms with Crippen molar-refractivity contribution in [2.24, 2.45) is 0 Å². The maximum absolute atomic E-state index is 5.41. The first-order valence-electron chi connectivity index (χ1n) is 8.81. The monoisotopic (exact) mass is 346 g/mol. The van der Waals surface area contributed by atoms with Gasteiger partial charge in [0.1, 0.15) is 11.6 Å². The molecule has 132 valence electrons. The number of rotatable bonds is 5. The van der Waals surface area contributed by atoms with E-state index in [0.29, 0.717) is 12.5 Å². The smallest absolute Gasteiger partial charge is 0.225 e. The number of hydrogen-bond donors (Lipinski definition) is 1. The van der Waals surface area contributed by atoms with Crippen molar-refractivity contribution >= 4 is 17.5 Å². The zero-order valence-corrected chi connectivity index (χ0v) is 15.1. The molecule has 0 radical (unpaired) electrons. The molecule has 26 heavy (non-hydrogen) atoms. The number of anilines is 3. The van der Waals surface area contributed by atoms with E-state index in [1.54, 1.807) is 7.11 Å². The van der Waals surface area contributed by atoms with Crippen molar-refractivity contribution in [2.75, 3.05) is 23.9 Å². The lowest BCUT2D eigenvalue weighted by atomic mass is 10.2. The van der Waals surface area contributed by atoms with Gasteiger partial charge in [-0.15, -0.1) is 0 Å². The molecule has 0 saturated heterocycles. The van der Waals surface area contributed by atoms with Crippen LogP contribution < -0.4 is 15.0 Å². The SMILES string of the molecule is COc1ccccc1CNc1nc(C)cc(N2CCc3ccccc32)n1. The van der Waals surface area contributed by atoms with Crippen LogP contribution >= 0.6 is 0 Å². The van der Waals surface area contributed by atoms with E-state index in [9.17, 15) is 0 Å². The molecular formula is C21H22N4O. The maximum atomic E-state index is 5.41. The Kier molecular flexibility index (Phi) is 4.44. The summed E-state index contributed by atoms with van der Waals surface area (Å²) >= 11 is 0. The van der Waals surface area contributed by atoms with Gasteiger partial charge in [-0.2, -0.15) is 4.98 Å². The Labute approximate surface area is 153 Å². The highest BCUT2D eigenvalue weighted by Gasteiger charge is 2.21. The lowest BCUT2D eigenvalue weighted by Gasteiger charge is -2.19. The van der Waals surface area contributed by atoms with Gasteiger partial charge in [-0.1, -0.05) is 36.4 Å².